The van der Waals surface area contributed by atoms with Crippen molar-refractivity contribution in [3.8, 4) is 11.5 Å². The lowest BCUT2D eigenvalue weighted by Gasteiger charge is -2.29. The van der Waals surface area contributed by atoms with E-state index in [1.54, 1.807) is 36.9 Å². The summed E-state index contributed by atoms with van der Waals surface area (Å²) in [4.78, 5) is 31.4. The maximum Gasteiger partial charge on any atom is 0.339 e. The number of fused-ring (bicyclic) bond motifs is 1. The zero-order valence-electron chi connectivity index (χ0n) is 15.5. The van der Waals surface area contributed by atoms with E-state index in [-0.39, 0.29) is 17.2 Å². The number of carbonyl (C=O) groups excluding carboxylic acids is 2. The molecule has 1 fully saturated rings. The summed E-state index contributed by atoms with van der Waals surface area (Å²) in [5.41, 5.74) is 1.34. The fourth-order valence-electron chi connectivity index (χ4n) is 3.12. The van der Waals surface area contributed by atoms with Gasteiger partial charge in [-0.2, -0.15) is 0 Å². The Balaban J connectivity index is 1.62. The van der Waals surface area contributed by atoms with Crippen molar-refractivity contribution in [2.75, 3.05) is 26.3 Å². The molecular formula is C19H19N3O6. The lowest BCUT2D eigenvalue weighted by Crippen LogP contribution is -2.46. The minimum Gasteiger partial charge on any atom is -0.463 e. The van der Waals surface area contributed by atoms with Gasteiger partial charge in [0.05, 0.1) is 36.1 Å². The first kappa shape index (κ1) is 18.2. The molecule has 4 rings (SSSR count). The lowest BCUT2D eigenvalue weighted by molar-refractivity contribution is -0.143. The number of aryl methyl sites for hydroxylation is 1. The van der Waals surface area contributed by atoms with Gasteiger partial charge in [-0.25, -0.2) is 9.78 Å². The van der Waals surface area contributed by atoms with Crippen molar-refractivity contribution < 1.29 is 28.0 Å². The molecule has 0 spiro atoms. The lowest BCUT2D eigenvalue weighted by atomic mass is 10.1. The number of esters is 1. The van der Waals surface area contributed by atoms with E-state index in [9.17, 15) is 9.59 Å². The van der Waals surface area contributed by atoms with E-state index < -0.39 is 12.1 Å². The smallest absolute Gasteiger partial charge is 0.339 e. The van der Waals surface area contributed by atoms with Crippen LogP contribution in [-0.4, -0.2) is 59.3 Å². The second-order valence-electron chi connectivity index (χ2n) is 6.47. The summed E-state index contributed by atoms with van der Waals surface area (Å²) in [5, 5.41) is 4.33. The summed E-state index contributed by atoms with van der Waals surface area (Å²) in [5.74, 6) is -0.432. The van der Waals surface area contributed by atoms with Crippen LogP contribution in [0.25, 0.3) is 22.6 Å². The van der Waals surface area contributed by atoms with Gasteiger partial charge in [0.15, 0.2) is 11.9 Å². The molecule has 146 valence electrons. The average molecular weight is 385 g/mol. The molecule has 4 heterocycles. The van der Waals surface area contributed by atoms with E-state index in [4.69, 9.17) is 18.4 Å². The van der Waals surface area contributed by atoms with Gasteiger partial charge in [-0.3, -0.25) is 4.79 Å². The van der Waals surface area contributed by atoms with Crippen LogP contribution in [0.4, 0.5) is 0 Å². The molecule has 9 nitrogen and oxygen atoms in total. The number of amides is 1. The largest absolute Gasteiger partial charge is 0.463 e. The molecule has 1 atom stereocenters. The molecule has 1 saturated heterocycles. The summed E-state index contributed by atoms with van der Waals surface area (Å²) in [7, 11) is 0. The second kappa shape index (κ2) is 7.43. The number of aromatic nitrogens is 2. The minimum atomic E-state index is -0.930. The monoisotopic (exact) mass is 385 g/mol. The molecule has 0 saturated carbocycles. The number of nitrogens with zero attached hydrogens (tertiary/aromatic N) is 3. The maximum absolute atomic E-state index is 12.9. The SMILES string of the molecule is Cc1noc2nc(-c3ccco3)cc(C(=O)OC(C)C(=O)N3CCOCC3)c12. The molecule has 3 aromatic rings. The Hall–Kier alpha value is -3.20. The number of pyridine rings is 1. The molecule has 9 heteroatoms. The topological polar surface area (TPSA) is 108 Å². The van der Waals surface area contributed by atoms with Crippen molar-refractivity contribution in [3.05, 3.63) is 35.7 Å². The van der Waals surface area contributed by atoms with Crippen molar-refractivity contribution in [1.82, 2.24) is 15.0 Å². The highest BCUT2D eigenvalue weighted by atomic mass is 16.5. The summed E-state index contributed by atoms with van der Waals surface area (Å²) in [6, 6.07) is 4.99. The molecule has 0 aromatic carbocycles. The van der Waals surface area contributed by atoms with Gasteiger partial charge in [0.25, 0.3) is 11.6 Å². The summed E-state index contributed by atoms with van der Waals surface area (Å²) < 4.78 is 21.3. The Kier molecular flexibility index (Phi) is 4.82. The number of furan rings is 1. The molecule has 0 N–H and O–H groups in total. The Labute approximate surface area is 160 Å². The highest BCUT2D eigenvalue weighted by Crippen LogP contribution is 2.28. The van der Waals surface area contributed by atoms with Crippen molar-refractivity contribution in [3.63, 3.8) is 0 Å². The molecule has 1 aliphatic rings. The van der Waals surface area contributed by atoms with E-state index >= 15 is 0 Å². The molecule has 1 unspecified atom stereocenters. The highest BCUT2D eigenvalue weighted by Gasteiger charge is 2.28. The predicted octanol–water partition coefficient (Wildman–Crippen LogP) is 2.20. The van der Waals surface area contributed by atoms with Gasteiger partial charge in [0.1, 0.15) is 5.69 Å². The van der Waals surface area contributed by atoms with Gasteiger partial charge in [-0.05, 0) is 32.0 Å². The van der Waals surface area contributed by atoms with Gasteiger partial charge in [0, 0.05) is 13.1 Å². The van der Waals surface area contributed by atoms with Crippen LogP contribution < -0.4 is 0 Å². The highest BCUT2D eigenvalue weighted by molar-refractivity contribution is 6.04. The summed E-state index contributed by atoms with van der Waals surface area (Å²) in [6.45, 7) is 5.18. The fraction of sp³-hybridized carbons (Fsp3) is 0.368. The number of ether oxygens (including phenoxy) is 2. The molecule has 0 bridgehead atoms. The van der Waals surface area contributed by atoms with Gasteiger partial charge in [-0.15, -0.1) is 0 Å². The predicted molar refractivity (Wildman–Crippen MR) is 96.5 cm³/mol. The maximum atomic E-state index is 12.9. The molecule has 28 heavy (non-hydrogen) atoms. The van der Waals surface area contributed by atoms with Crippen LogP contribution in [0, 0.1) is 6.92 Å². The molecule has 0 radical (unpaired) electrons. The van der Waals surface area contributed by atoms with Crippen LogP contribution in [0.3, 0.4) is 0 Å². The number of morpholine rings is 1. The van der Waals surface area contributed by atoms with Crippen LogP contribution in [0.1, 0.15) is 23.0 Å². The molecule has 1 aliphatic heterocycles. The zero-order valence-corrected chi connectivity index (χ0v) is 15.5. The quantitative estimate of drug-likeness (QED) is 0.629. The van der Waals surface area contributed by atoms with Crippen molar-refractivity contribution in [2.24, 2.45) is 0 Å². The fourth-order valence-corrected chi connectivity index (χ4v) is 3.12. The number of carbonyl (C=O) groups is 2. The van der Waals surface area contributed by atoms with E-state index in [0.717, 1.165) is 0 Å². The van der Waals surface area contributed by atoms with Gasteiger partial charge in [-0.1, -0.05) is 5.16 Å². The standard InChI is InChI=1S/C19H19N3O6/c1-11-16-13(10-14(15-4-3-7-26-15)20-17(16)28-21-11)19(24)27-12(2)18(23)22-5-8-25-9-6-22/h3-4,7,10,12H,5-6,8-9H2,1-2H3. The second-order valence-corrected chi connectivity index (χ2v) is 6.47. The molecular weight excluding hydrogens is 366 g/mol. The van der Waals surface area contributed by atoms with Crippen LogP contribution in [0.5, 0.6) is 0 Å². The minimum absolute atomic E-state index is 0.200. The summed E-state index contributed by atoms with van der Waals surface area (Å²) in [6.07, 6.45) is 0.578. The van der Waals surface area contributed by atoms with Crippen LogP contribution in [0.2, 0.25) is 0 Å². The Bertz CT molecular complexity index is 1000. The first-order valence-electron chi connectivity index (χ1n) is 8.93. The van der Waals surface area contributed by atoms with Crippen LogP contribution >= 0.6 is 0 Å². The van der Waals surface area contributed by atoms with E-state index in [0.29, 0.717) is 48.8 Å². The Morgan fingerprint density at radius 3 is 2.79 bits per heavy atom. The van der Waals surface area contributed by atoms with Crippen molar-refractivity contribution in [1.29, 1.82) is 0 Å². The normalized spacial score (nSPS) is 15.6. The van der Waals surface area contributed by atoms with Crippen LogP contribution in [-0.2, 0) is 14.3 Å². The first-order valence-corrected chi connectivity index (χ1v) is 8.93. The third-order valence-corrected chi connectivity index (χ3v) is 4.56. The van der Waals surface area contributed by atoms with E-state index in [1.807, 2.05) is 0 Å². The summed E-state index contributed by atoms with van der Waals surface area (Å²) >= 11 is 0. The van der Waals surface area contributed by atoms with Crippen molar-refractivity contribution in [2.45, 2.75) is 20.0 Å². The number of hydrogen-bond donors (Lipinski definition) is 0. The third-order valence-electron chi connectivity index (χ3n) is 4.56. The van der Waals surface area contributed by atoms with E-state index in [2.05, 4.69) is 10.1 Å². The van der Waals surface area contributed by atoms with Gasteiger partial charge in [0.2, 0.25) is 0 Å². The van der Waals surface area contributed by atoms with Crippen molar-refractivity contribution >= 4 is 23.0 Å². The van der Waals surface area contributed by atoms with Gasteiger partial charge >= 0.3 is 5.97 Å². The average Bonchev–Trinajstić information content (AvgIpc) is 3.37. The Morgan fingerprint density at radius 1 is 1.29 bits per heavy atom. The zero-order chi connectivity index (χ0) is 19.7. The number of hydrogen-bond acceptors (Lipinski definition) is 8. The van der Waals surface area contributed by atoms with Gasteiger partial charge < -0.3 is 23.3 Å². The third kappa shape index (κ3) is 3.36. The first-order chi connectivity index (χ1) is 13.5. The van der Waals surface area contributed by atoms with E-state index in [1.165, 1.54) is 6.26 Å². The molecule has 0 aliphatic carbocycles. The molecule has 3 aromatic heterocycles. The van der Waals surface area contributed by atoms with Crippen LogP contribution in [0.15, 0.2) is 33.4 Å². The molecule has 1 amide bonds. The Morgan fingerprint density at radius 2 is 2.07 bits per heavy atom. The number of rotatable bonds is 4.